The second kappa shape index (κ2) is 3.84. The lowest BCUT2D eigenvalue weighted by Gasteiger charge is -2.25. The predicted octanol–water partition coefficient (Wildman–Crippen LogP) is 2.87. The van der Waals surface area contributed by atoms with Crippen LogP contribution in [-0.2, 0) is 0 Å². The lowest BCUT2D eigenvalue weighted by atomic mass is 9.80. The predicted molar refractivity (Wildman–Crippen MR) is 64.5 cm³/mol. The SMILES string of the molecule is O=Cc1coc2ccc(C3CCC3)cc2c1=O. The number of carbonyl (C=O) groups excluding carboxylic acids is 1. The van der Waals surface area contributed by atoms with Crippen LogP contribution in [0.3, 0.4) is 0 Å². The Kier molecular flexibility index (Phi) is 2.32. The van der Waals surface area contributed by atoms with Crippen molar-refractivity contribution in [3.05, 3.63) is 45.8 Å². The summed E-state index contributed by atoms with van der Waals surface area (Å²) in [7, 11) is 0. The van der Waals surface area contributed by atoms with Crippen LogP contribution in [0.25, 0.3) is 11.0 Å². The monoisotopic (exact) mass is 228 g/mol. The highest BCUT2D eigenvalue weighted by molar-refractivity contribution is 5.84. The van der Waals surface area contributed by atoms with Crippen molar-refractivity contribution in [1.82, 2.24) is 0 Å². The maximum absolute atomic E-state index is 11.9. The van der Waals surface area contributed by atoms with Crippen molar-refractivity contribution in [2.24, 2.45) is 0 Å². The van der Waals surface area contributed by atoms with Crippen LogP contribution in [-0.4, -0.2) is 6.29 Å². The summed E-state index contributed by atoms with van der Waals surface area (Å²) in [6.07, 6.45) is 5.39. The number of aldehydes is 1. The second-order valence-corrected chi connectivity index (χ2v) is 4.52. The van der Waals surface area contributed by atoms with E-state index in [9.17, 15) is 9.59 Å². The van der Waals surface area contributed by atoms with E-state index >= 15 is 0 Å². The molecule has 1 heterocycles. The third-order valence-electron chi connectivity index (χ3n) is 3.53. The summed E-state index contributed by atoms with van der Waals surface area (Å²) in [5.41, 5.74) is 1.58. The number of hydrogen-bond donors (Lipinski definition) is 0. The number of carbonyl (C=O) groups is 1. The van der Waals surface area contributed by atoms with E-state index in [2.05, 4.69) is 0 Å². The second-order valence-electron chi connectivity index (χ2n) is 4.52. The van der Waals surface area contributed by atoms with Gasteiger partial charge in [0, 0.05) is 0 Å². The quantitative estimate of drug-likeness (QED) is 0.742. The lowest BCUT2D eigenvalue weighted by Crippen LogP contribution is -2.11. The molecule has 0 radical (unpaired) electrons. The Morgan fingerprint density at radius 3 is 2.76 bits per heavy atom. The minimum atomic E-state index is -0.234. The van der Waals surface area contributed by atoms with Gasteiger partial charge in [-0.2, -0.15) is 0 Å². The Morgan fingerprint density at radius 2 is 2.12 bits per heavy atom. The normalized spacial score (nSPS) is 15.8. The third kappa shape index (κ3) is 1.58. The van der Waals surface area contributed by atoms with E-state index < -0.39 is 0 Å². The topological polar surface area (TPSA) is 47.3 Å². The summed E-state index contributed by atoms with van der Waals surface area (Å²) >= 11 is 0. The molecule has 17 heavy (non-hydrogen) atoms. The molecule has 1 aliphatic rings. The van der Waals surface area contributed by atoms with Gasteiger partial charge in [0.05, 0.1) is 10.9 Å². The van der Waals surface area contributed by atoms with Gasteiger partial charge >= 0.3 is 0 Å². The van der Waals surface area contributed by atoms with E-state index in [1.807, 2.05) is 18.2 Å². The van der Waals surface area contributed by atoms with Gasteiger partial charge in [0.25, 0.3) is 0 Å². The van der Waals surface area contributed by atoms with E-state index in [-0.39, 0.29) is 11.0 Å². The van der Waals surface area contributed by atoms with Gasteiger partial charge in [-0.25, -0.2) is 0 Å². The largest absolute Gasteiger partial charge is 0.463 e. The Balaban J connectivity index is 2.22. The Bertz CT molecular complexity index is 635. The van der Waals surface area contributed by atoms with Crippen LogP contribution in [0, 0.1) is 0 Å². The zero-order valence-electron chi connectivity index (χ0n) is 9.31. The Morgan fingerprint density at radius 1 is 1.29 bits per heavy atom. The molecule has 0 saturated heterocycles. The van der Waals surface area contributed by atoms with E-state index in [0.717, 1.165) is 0 Å². The third-order valence-corrected chi connectivity index (χ3v) is 3.53. The summed E-state index contributed by atoms with van der Waals surface area (Å²) in [6, 6.07) is 5.70. The summed E-state index contributed by atoms with van der Waals surface area (Å²) in [4.78, 5) is 22.6. The highest BCUT2D eigenvalue weighted by Crippen LogP contribution is 2.36. The number of rotatable bonds is 2. The van der Waals surface area contributed by atoms with E-state index in [4.69, 9.17) is 4.42 Å². The van der Waals surface area contributed by atoms with Crippen LogP contribution in [0.4, 0.5) is 0 Å². The van der Waals surface area contributed by atoms with Crippen molar-refractivity contribution in [1.29, 1.82) is 0 Å². The standard InChI is InChI=1S/C14H12O3/c15-7-11-8-17-13-5-4-10(9-2-1-3-9)6-12(13)14(11)16/h4-9H,1-3H2. The number of fused-ring (bicyclic) bond motifs is 1. The van der Waals surface area contributed by atoms with Crippen molar-refractivity contribution < 1.29 is 9.21 Å². The van der Waals surface area contributed by atoms with Gasteiger partial charge in [0.15, 0.2) is 6.29 Å². The zero-order chi connectivity index (χ0) is 11.8. The smallest absolute Gasteiger partial charge is 0.203 e. The molecule has 0 atom stereocenters. The Labute approximate surface area is 98.1 Å². The molecule has 0 N–H and O–H groups in total. The van der Waals surface area contributed by atoms with Crippen molar-refractivity contribution in [3.63, 3.8) is 0 Å². The molecule has 3 heteroatoms. The molecule has 1 aromatic carbocycles. The fourth-order valence-electron chi connectivity index (χ4n) is 2.24. The van der Waals surface area contributed by atoms with Crippen molar-refractivity contribution in [3.8, 4) is 0 Å². The van der Waals surface area contributed by atoms with Crippen molar-refractivity contribution in [2.45, 2.75) is 25.2 Å². The lowest BCUT2D eigenvalue weighted by molar-refractivity contribution is 0.112. The van der Waals surface area contributed by atoms with Gasteiger partial charge in [-0.1, -0.05) is 12.5 Å². The molecule has 1 saturated carbocycles. The summed E-state index contributed by atoms with van der Waals surface area (Å²) < 4.78 is 5.27. The highest BCUT2D eigenvalue weighted by atomic mass is 16.3. The van der Waals surface area contributed by atoms with E-state index in [1.54, 1.807) is 0 Å². The van der Waals surface area contributed by atoms with E-state index in [0.29, 0.717) is 23.2 Å². The molecule has 0 aliphatic heterocycles. The van der Waals surface area contributed by atoms with Gasteiger partial charge in [-0.05, 0) is 36.5 Å². The highest BCUT2D eigenvalue weighted by Gasteiger charge is 2.20. The summed E-state index contributed by atoms with van der Waals surface area (Å²) in [5.74, 6) is 0.568. The van der Waals surface area contributed by atoms with Crippen LogP contribution < -0.4 is 5.43 Å². The van der Waals surface area contributed by atoms with Crippen LogP contribution >= 0.6 is 0 Å². The van der Waals surface area contributed by atoms with Gasteiger partial charge in [-0.3, -0.25) is 9.59 Å². The molecule has 0 amide bonds. The number of hydrogen-bond acceptors (Lipinski definition) is 3. The van der Waals surface area contributed by atoms with Crippen molar-refractivity contribution in [2.75, 3.05) is 0 Å². The van der Waals surface area contributed by atoms with Crippen molar-refractivity contribution >= 4 is 17.3 Å². The van der Waals surface area contributed by atoms with Crippen LogP contribution in [0.1, 0.15) is 41.1 Å². The molecule has 1 aromatic heterocycles. The van der Waals surface area contributed by atoms with E-state index in [1.165, 1.54) is 31.1 Å². The first-order chi connectivity index (χ1) is 8.29. The molecule has 1 aliphatic carbocycles. The number of benzene rings is 1. The zero-order valence-corrected chi connectivity index (χ0v) is 9.31. The van der Waals surface area contributed by atoms with Gasteiger partial charge in [0.2, 0.25) is 5.43 Å². The molecular weight excluding hydrogens is 216 g/mol. The molecule has 3 nitrogen and oxygen atoms in total. The first kappa shape index (κ1) is 10.3. The maximum atomic E-state index is 11.9. The molecule has 1 fully saturated rings. The average Bonchev–Trinajstić information content (AvgIpc) is 2.28. The molecule has 0 spiro atoms. The maximum Gasteiger partial charge on any atom is 0.203 e. The first-order valence-electron chi connectivity index (χ1n) is 5.80. The fourth-order valence-corrected chi connectivity index (χ4v) is 2.24. The van der Waals surface area contributed by atoms with Crippen LogP contribution in [0.5, 0.6) is 0 Å². The molecule has 3 rings (SSSR count). The van der Waals surface area contributed by atoms with Gasteiger partial charge in [0.1, 0.15) is 11.8 Å². The summed E-state index contributed by atoms with van der Waals surface area (Å²) in [5, 5.41) is 0.513. The van der Waals surface area contributed by atoms with Crippen LogP contribution in [0.2, 0.25) is 0 Å². The molecular formula is C14H12O3. The Hall–Kier alpha value is -1.90. The first-order valence-corrected chi connectivity index (χ1v) is 5.80. The minimum absolute atomic E-state index is 0.0864. The molecule has 0 bridgehead atoms. The van der Waals surface area contributed by atoms with Gasteiger partial charge < -0.3 is 4.42 Å². The molecule has 0 unspecified atom stereocenters. The molecule has 2 aromatic rings. The minimum Gasteiger partial charge on any atom is -0.463 e. The fraction of sp³-hybridized carbons (Fsp3) is 0.286. The van der Waals surface area contributed by atoms with Crippen LogP contribution in [0.15, 0.2) is 33.7 Å². The summed E-state index contributed by atoms with van der Waals surface area (Å²) in [6.45, 7) is 0. The van der Waals surface area contributed by atoms with Gasteiger partial charge in [-0.15, -0.1) is 0 Å². The molecule has 86 valence electrons. The average molecular weight is 228 g/mol.